The lowest BCUT2D eigenvalue weighted by atomic mass is 10.1. The number of hydrogen-bond acceptors (Lipinski definition) is 5. The quantitative estimate of drug-likeness (QED) is 0.102. The van der Waals surface area contributed by atoms with Gasteiger partial charge in [-0.25, -0.2) is 4.79 Å². The van der Waals surface area contributed by atoms with Crippen LogP contribution in [0.15, 0.2) is 12.2 Å². The second kappa shape index (κ2) is 22.5. The highest BCUT2D eigenvalue weighted by molar-refractivity contribution is 5.87. The predicted octanol–water partition coefficient (Wildman–Crippen LogP) is 6.01. The highest BCUT2D eigenvalue weighted by Gasteiger charge is 2.18. The molecule has 2 N–H and O–H groups in total. The number of unbranched alkanes of at least 4 members (excludes halogenated alkanes) is 15. The lowest BCUT2D eigenvalue weighted by Gasteiger charge is -2.06. The maximum atomic E-state index is 11.4. The first-order valence-corrected chi connectivity index (χ1v) is 12.3. The Kier molecular flexibility index (Phi) is 21.6. The summed E-state index contributed by atoms with van der Waals surface area (Å²) in [6, 6.07) is 0. The van der Waals surface area contributed by atoms with Crippen LogP contribution in [0.3, 0.4) is 0 Å². The molecule has 0 bridgehead atoms. The average Bonchev–Trinajstić information content (AvgIpc) is 2.74. The summed E-state index contributed by atoms with van der Waals surface area (Å²) in [6.45, 7) is 1.53. The van der Waals surface area contributed by atoms with Gasteiger partial charge in [-0.15, -0.1) is 0 Å². The van der Waals surface area contributed by atoms with Gasteiger partial charge in [0.15, 0.2) is 6.10 Å². The molecule has 176 valence electrons. The fourth-order valence-electron chi connectivity index (χ4n) is 3.35. The molecule has 1 atom stereocenters. The van der Waals surface area contributed by atoms with Crippen molar-refractivity contribution in [2.75, 3.05) is 6.61 Å². The third-order valence-electron chi connectivity index (χ3n) is 5.30. The molecule has 0 aromatic rings. The van der Waals surface area contributed by atoms with Crippen molar-refractivity contribution >= 4 is 11.9 Å². The van der Waals surface area contributed by atoms with Gasteiger partial charge in [0.05, 0.1) is 6.61 Å². The molecule has 0 spiro atoms. The minimum atomic E-state index is -1.63. The van der Waals surface area contributed by atoms with Gasteiger partial charge in [0.2, 0.25) is 0 Å². The smallest absolute Gasteiger partial charge is 0.345 e. The molecule has 30 heavy (non-hydrogen) atoms. The number of hydrogen-bond donors (Lipinski definition) is 2. The number of rotatable bonds is 21. The van der Waals surface area contributed by atoms with Gasteiger partial charge in [0.1, 0.15) is 0 Å². The predicted molar refractivity (Wildman–Crippen MR) is 122 cm³/mol. The monoisotopic (exact) mass is 426 g/mol. The maximum Gasteiger partial charge on any atom is 0.345 e. The summed E-state index contributed by atoms with van der Waals surface area (Å²) in [5.74, 6) is -1.70. The molecule has 5 heteroatoms. The van der Waals surface area contributed by atoms with Crippen LogP contribution in [0.2, 0.25) is 0 Å². The van der Waals surface area contributed by atoms with E-state index in [2.05, 4.69) is 23.8 Å². The lowest BCUT2D eigenvalue weighted by molar-refractivity contribution is -0.167. The van der Waals surface area contributed by atoms with E-state index in [4.69, 9.17) is 10.2 Å². The van der Waals surface area contributed by atoms with E-state index in [9.17, 15) is 9.59 Å². The average molecular weight is 427 g/mol. The maximum absolute atomic E-state index is 11.4. The molecular formula is C25H46O5. The van der Waals surface area contributed by atoms with Crippen LogP contribution in [0.1, 0.15) is 122 Å². The van der Waals surface area contributed by atoms with Gasteiger partial charge >= 0.3 is 11.9 Å². The van der Waals surface area contributed by atoms with Crippen molar-refractivity contribution in [2.45, 2.75) is 129 Å². The van der Waals surface area contributed by atoms with Crippen LogP contribution < -0.4 is 0 Å². The Bertz CT molecular complexity index is 433. The van der Waals surface area contributed by atoms with Gasteiger partial charge in [-0.2, -0.15) is 0 Å². The number of ether oxygens (including phenoxy) is 1. The summed E-state index contributed by atoms with van der Waals surface area (Å²) in [5.41, 5.74) is 0. The zero-order valence-corrected chi connectivity index (χ0v) is 19.3. The van der Waals surface area contributed by atoms with Crippen molar-refractivity contribution in [1.29, 1.82) is 0 Å². The lowest BCUT2D eigenvalue weighted by Crippen LogP contribution is -2.28. The second-order valence-electron chi connectivity index (χ2n) is 8.24. The molecule has 0 aliphatic rings. The van der Waals surface area contributed by atoms with Gasteiger partial charge in [0.25, 0.3) is 0 Å². The van der Waals surface area contributed by atoms with E-state index in [1.165, 1.54) is 89.9 Å². The Hall–Kier alpha value is -1.20. The molecule has 0 saturated carbocycles. The largest absolute Gasteiger partial charge is 0.393 e. The van der Waals surface area contributed by atoms with E-state index in [0.29, 0.717) is 6.42 Å². The molecule has 0 radical (unpaired) electrons. The third-order valence-corrected chi connectivity index (χ3v) is 5.30. The number of esters is 2. The molecule has 5 nitrogen and oxygen atoms in total. The topological polar surface area (TPSA) is 83.8 Å². The van der Waals surface area contributed by atoms with Crippen LogP contribution in [0.4, 0.5) is 0 Å². The first-order valence-electron chi connectivity index (χ1n) is 12.3. The summed E-state index contributed by atoms with van der Waals surface area (Å²) in [5, 5.41) is 17.6. The van der Waals surface area contributed by atoms with Crippen LogP contribution >= 0.6 is 0 Å². The summed E-state index contributed by atoms with van der Waals surface area (Å²) in [4.78, 5) is 22.5. The Labute approximate surface area is 184 Å². The van der Waals surface area contributed by atoms with Crippen molar-refractivity contribution in [3.05, 3.63) is 12.2 Å². The highest BCUT2D eigenvalue weighted by atomic mass is 16.6. The molecule has 0 heterocycles. The van der Waals surface area contributed by atoms with Crippen LogP contribution in [-0.4, -0.2) is 34.9 Å². The third kappa shape index (κ3) is 20.1. The van der Waals surface area contributed by atoms with Crippen molar-refractivity contribution in [3.8, 4) is 0 Å². The van der Waals surface area contributed by atoms with E-state index in [-0.39, 0.29) is 6.42 Å². The molecule has 0 aromatic carbocycles. The minimum Gasteiger partial charge on any atom is -0.393 e. The molecule has 0 amide bonds. The number of carbonyl (C=O) groups excluding carboxylic acids is 2. The number of carbonyl (C=O) groups is 2. The fourth-order valence-corrected chi connectivity index (χ4v) is 3.35. The summed E-state index contributed by atoms with van der Waals surface area (Å²) >= 11 is 0. The van der Waals surface area contributed by atoms with Gasteiger partial charge in [-0.1, -0.05) is 96.1 Å². The first-order chi connectivity index (χ1) is 14.6. The Morgan fingerprint density at radius 3 is 1.63 bits per heavy atom. The molecule has 1 unspecified atom stereocenters. The molecule has 0 aliphatic carbocycles. The zero-order valence-electron chi connectivity index (χ0n) is 19.3. The first kappa shape index (κ1) is 28.8. The van der Waals surface area contributed by atoms with Crippen LogP contribution in [0.5, 0.6) is 0 Å². The molecule has 0 fully saturated rings. The SMILES string of the molecule is CCCCCCCC/C=C\CCCCCCCCCCCC(=O)OC(=O)C(O)CO. The van der Waals surface area contributed by atoms with Crippen molar-refractivity contribution in [2.24, 2.45) is 0 Å². The van der Waals surface area contributed by atoms with E-state index >= 15 is 0 Å². The zero-order chi connectivity index (χ0) is 22.3. The Morgan fingerprint density at radius 2 is 1.17 bits per heavy atom. The summed E-state index contributed by atoms with van der Waals surface area (Å²) in [7, 11) is 0. The molecule has 0 aliphatic heterocycles. The van der Waals surface area contributed by atoms with E-state index < -0.39 is 24.6 Å². The fraction of sp³-hybridized carbons (Fsp3) is 0.840. The van der Waals surface area contributed by atoms with Crippen LogP contribution in [0, 0.1) is 0 Å². The van der Waals surface area contributed by atoms with Crippen LogP contribution in [-0.2, 0) is 14.3 Å². The van der Waals surface area contributed by atoms with Gasteiger partial charge in [0, 0.05) is 6.42 Å². The molecule has 0 saturated heterocycles. The van der Waals surface area contributed by atoms with Crippen molar-refractivity contribution < 1.29 is 24.5 Å². The normalized spacial score (nSPS) is 12.4. The minimum absolute atomic E-state index is 0.177. The number of aliphatic hydroxyl groups is 2. The van der Waals surface area contributed by atoms with Crippen molar-refractivity contribution in [3.63, 3.8) is 0 Å². The molecule has 0 rings (SSSR count). The Balaban J connectivity index is 3.27. The summed E-state index contributed by atoms with van der Waals surface area (Å²) in [6.07, 6.45) is 24.2. The Morgan fingerprint density at radius 1 is 0.733 bits per heavy atom. The van der Waals surface area contributed by atoms with E-state index in [1.54, 1.807) is 0 Å². The molecule has 0 aromatic heterocycles. The standard InChI is InChI=1S/C25H46O5/c1-2-3-4-5-6-7-8-9-10-11-12-13-14-15-16-17-18-19-20-21-24(28)30-25(29)23(27)22-26/h9-10,23,26-27H,2-8,11-22H2,1H3/b10-9-. The van der Waals surface area contributed by atoms with E-state index in [0.717, 1.165) is 12.8 Å². The van der Waals surface area contributed by atoms with Gasteiger partial charge in [-0.3, -0.25) is 4.79 Å². The summed E-state index contributed by atoms with van der Waals surface area (Å²) < 4.78 is 4.45. The van der Waals surface area contributed by atoms with Gasteiger partial charge in [-0.05, 0) is 32.1 Å². The van der Waals surface area contributed by atoms with Crippen LogP contribution in [0.25, 0.3) is 0 Å². The number of aliphatic hydroxyl groups excluding tert-OH is 2. The second-order valence-corrected chi connectivity index (χ2v) is 8.24. The molecular weight excluding hydrogens is 380 g/mol. The highest BCUT2D eigenvalue weighted by Crippen LogP contribution is 2.12. The van der Waals surface area contributed by atoms with Gasteiger partial charge < -0.3 is 14.9 Å². The number of allylic oxidation sites excluding steroid dienone is 2. The van der Waals surface area contributed by atoms with E-state index in [1.807, 2.05) is 0 Å². The van der Waals surface area contributed by atoms with Crippen molar-refractivity contribution in [1.82, 2.24) is 0 Å².